The van der Waals surface area contributed by atoms with Crippen LogP contribution in [0.1, 0.15) is 23.0 Å². The first kappa shape index (κ1) is 18.3. The van der Waals surface area contributed by atoms with Gasteiger partial charge in [-0.05, 0) is 26.0 Å². The molecule has 1 aliphatic rings. The van der Waals surface area contributed by atoms with E-state index in [4.69, 9.17) is 4.52 Å². The molecule has 1 N–H and O–H groups in total. The maximum Gasteiger partial charge on any atom is 0.254 e. The number of piperazine rings is 1. The average Bonchev–Trinajstić information content (AvgIpc) is 3.11. The summed E-state index contributed by atoms with van der Waals surface area (Å²) < 4.78 is 5.03. The van der Waals surface area contributed by atoms with Crippen LogP contribution in [0.2, 0.25) is 0 Å². The van der Waals surface area contributed by atoms with E-state index >= 15 is 0 Å². The van der Waals surface area contributed by atoms with E-state index in [0.717, 1.165) is 49.1 Å². The van der Waals surface area contributed by atoms with Crippen LogP contribution in [0.3, 0.4) is 0 Å². The smallest absolute Gasteiger partial charge is 0.254 e. The van der Waals surface area contributed by atoms with E-state index in [-0.39, 0.29) is 5.56 Å². The van der Waals surface area contributed by atoms with Gasteiger partial charge in [0, 0.05) is 56.1 Å². The molecule has 0 atom stereocenters. The van der Waals surface area contributed by atoms with E-state index in [9.17, 15) is 4.79 Å². The standard InChI is InChI=1S/C19H23N7O2/c1-12-13(2)21-18(23-19(12)27)15-4-5-17(20-10-15)26-8-6-25(7-9-26)11-16-22-14(3)28-24-16/h4-5,10H,6-9,11H2,1-3H3,(H,21,23,27). The van der Waals surface area contributed by atoms with E-state index < -0.39 is 0 Å². The quantitative estimate of drug-likeness (QED) is 0.724. The molecule has 9 nitrogen and oxygen atoms in total. The summed E-state index contributed by atoms with van der Waals surface area (Å²) in [5, 5.41) is 3.96. The number of aryl methyl sites for hydroxylation is 2. The highest BCUT2D eigenvalue weighted by molar-refractivity contribution is 5.56. The van der Waals surface area contributed by atoms with Crippen molar-refractivity contribution < 1.29 is 4.52 Å². The predicted molar refractivity (Wildman–Crippen MR) is 104 cm³/mol. The number of aromatic nitrogens is 5. The van der Waals surface area contributed by atoms with Gasteiger partial charge in [0.15, 0.2) is 5.82 Å². The summed E-state index contributed by atoms with van der Waals surface area (Å²) in [4.78, 5) is 32.6. The zero-order chi connectivity index (χ0) is 19.7. The van der Waals surface area contributed by atoms with Gasteiger partial charge < -0.3 is 14.4 Å². The highest BCUT2D eigenvalue weighted by Gasteiger charge is 2.20. The first-order valence-electron chi connectivity index (χ1n) is 9.30. The second-order valence-electron chi connectivity index (χ2n) is 7.02. The van der Waals surface area contributed by atoms with Gasteiger partial charge in [0.05, 0.1) is 6.54 Å². The van der Waals surface area contributed by atoms with Crippen molar-refractivity contribution in [3.63, 3.8) is 0 Å². The molecule has 4 heterocycles. The number of H-pyrrole nitrogens is 1. The highest BCUT2D eigenvalue weighted by Crippen LogP contribution is 2.19. The fourth-order valence-corrected chi connectivity index (χ4v) is 3.24. The molecule has 1 saturated heterocycles. The van der Waals surface area contributed by atoms with Crippen LogP contribution in [0.5, 0.6) is 0 Å². The van der Waals surface area contributed by atoms with Crippen LogP contribution in [0.25, 0.3) is 11.4 Å². The molecule has 9 heteroatoms. The fraction of sp³-hybridized carbons (Fsp3) is 0.421. The van der Waals surface area contributed by atoms with Crippen molar-refractivity contribution >= 4 is 5.82 Å². The summed E-state index contributed by atoms with van der Waals surface area (Å²) in [6.45, 7) is 9.67. The van der Waals surface area contributed by atoms with Crippen LogP contribution in [-0.2, 0) is 6.54 Å². The molecule has 0 aliphatic carbocycles. The predicted octanol–water partition coefficient (Wildman–Crippen LogP) is 1.46. The van der Waals surface area contributed by atoms with E-state index in [1.807, 2.05) is 19.1 Å². The third-order valence-electron chi connectivity index (χ3n) is 5.05. The van der Waals surface area contributed by atoms with E-state index in [2.05, 4.69) is 34.9 Å². The Labute approximate surface area is 162 Å². The van der Waals surface area contributed by atoms with Crippen molar-refractivity contribution in [2.24, 2.45) is 0 Å². The van der Waals surface area contributed by atoms with Gasteiger partial charge in [-0.25, -0.2) is 9.97 Å². The van der Waals surface area contributed by atoms with Crippen molar-refractivity contribution in [1.29, 1.82) is 0 Å². The Kier molecular flexibility index (Phi) is 4.91. The van der Waals surface area contributed by atoms with Crippen LogP contribution in [0, 0.1) is 20.8 Å². The topological polar surface area (TPSA) is 104 Å². The van der Waals surface area contributed by atoms with Crippen molar-refractivity contribution in [2.45, 2.75) is 27.3 Å². The minimum Gasteiger partial charge on any atom is -0.354 e. The molecule has 0 saturated carbocycles. The van der Waals surface area contributed by atoms with Crippen molar-refractivity contribution in [1.82, 2.24) is 30.0 Å². The van der Waals surface area contributed by atoms with Crippen molar-refractivity contribution in [2.75, 3.05) is 31.1 Å². The molecule has 3 aromatic heterocycles. The lowest BCUT2D eigenvalue weighted by atomic mass is 10.2. The zero-order valence-electron chi connectivity index (χ0n) is 16.3. The zero-order valence-corrected chi connectivity index (χ0v) is 16.3. The second-order valence-corrected chi connectivity index (χ2v) is 7.02. The van der Waals surface area contributed by atoms with Gasteiger partial charge in [-0.1, -0.05) is 5.16 Å². The van der Waals surface area contributed by atoms with Gasteiger partial charge in [0.25, 0.3) is 5.56 Å². The number of anilines is 1. The lowest BCUT2D eigenvalue weighted by Gasteiger charge is -2.34. The van der Waals surface area contributed by atoms with Gasteiger partial charge in [0.2, 0.25) is 5.89 Å². The first-order chi connectivity index (χ1) is 13.5. The Morgan fingerprint density at radius 1 is 1.11 bits per heavy atom. The van der Waals surface area contributed by atoms with E-state index in [1.54, 1.807) is 20.0 Å². The maximum absolute atomic E-state index is 12.0. The minimum atomic E-state index is -0.112. The number of aromatic amines is 1. The SMILES string of the molecule is Cc1nc(CN2CCN(c3ccc(-c4nc(C)c(C)c(=O)[nH]4)cn3)CC2)no1. The molecule has 0 bridgehead atoms. The van der Waals surface area contributed by atoms with Crippen LogP contribution in [-0.4, -0.2) is 56.2 Å². The first-order valence-corrected chi connectivity index (χ1v) is 9.30. The molecular weight excluding hydrogens is 358 g/mol. The van der Waals surface area contributed by atoms with Crippen LogP contribution >= 0.6 is 0 Å². The molecule has 4 rings (SSSR count). The van der Waals surface area contributed by atoms with Gasteiger partial charge in [-0.15, -0.1) is 0 Å². The number of hydrogen-bond acceptors (Lipinski definition) is 8. The summed E-state index contributed by atoms with van der Waals surface area (Å²) >= 11 is 0. The Morgan fingerprint density at radius 2 is 1.89 bits per heavy atom. The van der Waals surface area contributed by atoms with Crippen LogP contribution in [0.15, 0.2) is 27.6 Å². The molecule has 0 aromatic carbocycles. The average molecular weight is 381 g/mol. The molecule has 1 aliphatic heterocycles. The molecule has 1 fully saturated rings. The summed E-state index contributed by atoms with van der Waals surface area (Å²) in [5.41, 5.74) is 2.06. The van der Waals surface area contributed by atoms with Crippen LogP contribution < -0.4 is 10.5 Å². The minimum absolute atomic E-state index is 0.112. The fourth-order valence-electron chi connectivity index (χ4n) is 3.24. The molecular formula is C19H23N7O2. The summed E-state index contributed by atoms with van der Waals surface area (Å²) in [5.74, 6) is 2.79. The van der Waals surface area contributed by atoms with Gasteiger partial charge in [-0.3, -0.25) is 9.69 Å². The summed E-state index contributed by atoms with van der Waals surface area (Å²) in [6.07, 6.45) is 1.76. The van der Waals surface area contributed by atoms with E-state index in [1.165, 1.54) is 0 Å². The molecule has 0 radical (unpaired) electrons. The Bertz CT molecular complexity index is 1020. The highest BCUT2D eigenvalue weighted by atomic mass is 16.5. The van der Waals surface area contributed by atoms with Gasteiger partial charge in [0.1, 0.15) is 11.6 Å². The van der Waals surface area contributed by atoms with Gasteiger partial charge in [-0.2, -0.15) is 4.98 Å². The van der Waals surface area contributed by atoms with Crippen molar-refractivity contribution in [3.8, 4) is 11.4 Å². The number of nitrogens with zero attached hydrogens (tertiary/aromatic N) is 6. The maximum atomic E-state index is 12.0. The number of rotatable bonds is 4. The molecule has 0 amide bonds. The largest absolute Gasteiger partial charge is 0.354 e. The molecule has 0 unspecified atom stereocenters. The number of pyridine rings is 1. The second kappa shape index (κ2) is 7.51. The number of hydrogen-bond donors (Lipinski definition) is 1. The monoisotopic (exact) mass is 381 g/mol. The number of nitrogens with one attached hydrogen (secondary N) is 1. The van der Waals surface area contributed by atoms with Crippen LogP contribution in [0.4, 0.5) is 5.82 Å². The third kappa shape index (κ3) is 3.79. The Hall–Kier alpha value is -3.07. The molecule has 146 valence electrons. The molecule has 3 aromatic rings. The molecule has 28 heavy (non-hydrogen) atoms. The third-order valence-corrected chi connectivity index (χ3v) is 5.05. The van der Waals surface area contributed by atoms with E-state index in [0.29, 0.717) is 23.8 Å². The Morgan fingerprint density at radius 3 is 2.50 bits per heavy atom. The Balaban J connectivity index is 1.40. The lowest BCUT2D eigenvalue weighted by Crippen LogP contribution is -2.46. The normalized spacial score (nSPS) is 15.2. The molecule has 0 spiro atoms. The lowest BCUT2D eigenvalue weighted by molar-refractivity contribution is 0.239. The summed E-state index contributed by atoms with van der Waals surface area (Å²) in [6, 6.07) is 3.92. The summed E-state index contributed by atoms with van der Waals surface area (Å²) in [7, 11) is 0. The van der Waals surface area contributed by atoms with Crippen molar-refractivity contribution in [3.05, 3.63) is 51.7 Å². The van der Waals surface area contributed by atoms with Gasteiger partial charge >= 0.3 is 0 Å².